The molecule has 0 radical (unpaired) electrons. The first-order valence-corrected chi connectivity index (χ1v) is 3.18. The fraction of sp³-hybridized carbons (Fsp3) is 0.714. The molecule has 0 N–H and O–H groups in total. The summed E-state index contributed by atoms with van der Waals surface area (Å²) in [6.45, 7) is 0. The van der Waals surface area contributed by atoms with Crippen molar-refractivity contribution in [3.63, 3.8) is 0 Å². The molecule has 2 bridgehead atoms. The zero-order valence-corrected chi connectivity index (χ0v) is 4.68. The summed E-state index contributed by atoms with van der Waals surface area (Å²) < 4.78 is 12.6. The molecule has 3 atom stereocenters. The summed E-state index contributed by atoms with van der Waals surface area (Å²) in [6, 6.07) is 0. The molecule has 2 aliphatic rings. The molecule has 2 rings (SSSR count). The van der Waals surface area contributed by atoms with Gasteiger partial charge < -0.3 is 0 Å². The van der Waals surface area contributed by atoms with Gasteiger partial charge in [-0.05, 0) is 18.8 Å². The molecule has 0 aromatic carbocycles. The number of fused-ring (bicyclic) bond motifs is 2. The van der Waals surface area contributed by atoms with Crippen LogP contribution in [-0.2, 0) is 0 Å². The molecule has 0 saturated heterocycles. The summed E-state index contributed by atoms with van der Waals surface area (Å²) in [6.07, 6.45) is 5.55. The van der Waals surface area contributed by atoms with Gasteiger partial charge in [0.2, 0.25) is 0 Å². The van der Waals surface area contributed by atoms with Crippen molar-refractivity contribution in [2.24, 2.45) is 11.8 Å². The largest absolute Gasteiger partial charge is 0.247 e. The van der Waals surface area contributed by atoms with E-state index in [0.29, 0.717) is 11.8 Å². The van der Waals surface area contributed by atoms with Crippen molar-refractivity contribution in [2.45, 2.75) is 19.0 Å². The molecule has 8 heavy (non-hydrogen) atoms. The van der Waals surface area contributed by atoms with Gasteiger partial charge in [-0.3, -0.25) is 0 Å². The number of rotatable bonds is 0. The van der Waals surface area contributed by atoms with Crippen molar-refractivity contribution in [1.82, 2.24) is 0 Å². The zero-order valence-electron chi connectivity index (χ0n) is 4.68. The smallest absolute Gasteiger partial charge is 0.107 e. The topological polar surface area (TPSA) is 0 Å². The van der Waals surface area contributed by atoms with Crippen LogP contribution in [0.3, 0.4) is 0 Å². The molecule has 0 aliphatic heterocycles. The van der Waals surface area contributed by atoms with Gasteiger partial charge in [0.1, 0.15) is 6.17 Å². The second-order valence-electron chi connectivity index (χ2n) is 2.80. The molecule has 44 valence electrons. The van der Waals surface area contributed by atoms with E-state index in [4.69, 9.17) is 0 Å². The lowest BCUT2D eigenvalue weighted by atomic mass is 10.1. The molecule has 0 amide bonds. The van der Waals surface area contributed by atoms with Crippen LogP contribution in [0.4, 0.5) is 4.39 Å². The van der Waals surface area contributed by atoms with Gasteiger partial charge in [0.25, 0.3) is 0 Å². The Balaban J connectivity index is 2.23. The molecule has 1 saturated carbocycles. The molecular weight excluding hydrogens is 103 g/mol. The summed E-state index contributed by atoms with van der Waals surface area (Å²) in [5.74, 6) is 0.884. The second-order valence-corrected chi connectivity index (χ2v) is 2.80. The van der Waals surface area contributed by atoms with Crippen LogP contribution in [0.2, 0.25) is 0 Å². The minimum atomic E-state index is -0.509. The Morgan fingerprint density at radius 1 is 1.25 bits per heavy atom. The minimum Gasteiger partial charge on any atom is -0.247 e. The fourth-order valence-electron chi connectivity index (χ4n) is 1.71. The number of alkyl halides is 1. The Hall–Kier alpha value is -0.330. The number of allylic oxidation sites excluding steroid dienone is 2. The van der Waals surface area contributed by atoms with Gasteiger partial charge in [-0.15, -0.1) is 0 Å². The monoisotopic (exact) mass is 112 g/mol. The lowest BCUT2D eigenvalue weighted by molar-refractivity contribution is 0.290. The minimum absolute atomic E-state index is 0.292. The third kappa shape index (κ3) is 0.445. The van der Waals surface area contributed by atoms with Crippen molar-refractivity contribution in [3.8, 4) is 0 Å². The molecule has 0 aromatic heterocycles. The molecule has 1 heteroatoms. The number of hydrogen-bond donors (Lipinski definition) is 0. The van der Waals surface area contributed by atoms with E-state index < -0.39 is 6.17 Å². The van der Waals surface area contributed by atoms with Crippen molar-refractivity contribution in [3.05, 3.63) is 12.2 Å². The number of halogens is 1. The summed E-state index contributed by atoms with van der Waals surface area (Å²) in [7, 11) is 0. The molecule has 0 nitrogen and oxygen atoms in total. The molecule has 0 heterocycles. The summed E-state index contributed by atoms with van der Waals surface area (Å²) in [5, 5.41) is 0. The van der Waals surface area contributed by atoms with E-state index in [1.54, 1.807) is 0 Å². The van der Waals surface area contributed by atoms with Crippen LogP contribution in [0, 0.1) is 11.8 Å². The standard InChI is InChI=1S/C7H9F/c8-7-4-5-1-2-6(7)3-5/h1-2,5-7H,3-4H2. The van der Waals surface area contributed by atoms with E-state index in [0.717, 1.165) is 12.8 Å². The van der Waals surface area contributed by atoms with Crippen molar-refractivity contribution in [2.75, 3.05) is 0 Å². The SMILES string of the molecule is FC1CC2C=CC1C2. The van der Waals surface area contributed by atoms with Crippen LogP contribution >= 0.6 is 0 Å². The third-order valence-corrected chi connectivity index (χ3v) is 2.20. The van der Waals surface area contributed by atoms with E-state index >= 15 is 0 Å². The van der Waals surface area contributed by atoms with E-state index in [1.165, 1.54) is 0 Å². The van der Waals surface area contributed by atoms with Gasteiger partial charge in [-0.2, -0.15) is 0 Å². The van der Waals surface area contributed by atoms with Crippen LogP contribution in [0.1, 0.15) is 12.8 Å². The van der Waals surface area contributed by atoms with Crippen LogP contribution < -0.4 is 0 Å². The summed E-state index contributed by atoms with van der Waals surface area (Å²) in [5.41, 5.74) is 0. The highest BCUT2D eigenvalue weighted by molar-refractivity contribution is 5.10. The molecule has 0 aromatic rings. The third-order valence-electron chi connectivity index (χ3n) is 2.20. The van der Waals surface area contributed by atoms with Crippen LogP contribution in [0.15, 0.2) is 12.2 Å². The summed E-state index contributed by atoms with van der Waals surface area (Å²) in [4.78, 5) is 0. The number of hydrogen-bond acceptors (Lipinski definition) is 0. The molecule has 3 unspecified atom stereocenters. The normalized spacial score (nSPS) is 50.9. The van der Waals surface area contributed by atoms with E-state index in [2.05, 4.69) is 6.08 Å². The quantitative estimate of drug-likeness (QED) is 0.420. The van der Waals surface area contributed by atoms with Crippen LogP contribution in [0.25, 0.3) is 0 Å². The van der Waals surface area contributed by atoms with Crippen LogP contribution in [-0.4, -0.2) is 6.17 Å². The van der Waals surface area contributed by atoms with Gasteiger partial charge >= 0.3 is 0 Å². The van der Waals surface area contributed by atoms with Gasteiger partial charge in [0.05, 0.1) is 0 Å². The average Bonchev–Trinajstić information content (AvgIpc) is 2.23. The van der Waals surface area contributed by atoms with Crippen LogP contribution in [0.5, 0.6) is 0 Å². The Morgan fingerprint density at radius 2 is 2.12 bits per heavy atom. The van der Waals surface area contributed by atoms with Crippen molar-refractivity contribution < 1.29 is 4.39 Å². The van der Waals surface area contributed by atoms with Gasteiger partial charge in [0, 0.05) is 5.92 Å². The lowest BCUT2D eigenvalue weighted by Crippen LogP contribution is -2.05. The molecule has 1 fully saturated rings. The van der Waals surface area contributed by atoms with Crippen molar-refractivity contribution in [1.29, 1.82) is 0 Å². The Kier molecular flexibility index (Phi) is 0.758. The van der Waals surface area contributed by atoms with E-state index in [-0.39, 0.29) is 0 Å². The first-order chi connectivity index (χ1) is 3.86. The maximum atomic E-state index is 12.6. The molecule has 0 spiro atoms. The summed E-state index contributed by atoms with van der Waals surface area (Å²) >= 11 is 0. The maximum absolute atomic E-state index is 12.6. The zero-order chi connectivity index (χ0) is 5.56. The second kappa shape index (κ2) is 1.34. The highest BCUT2D eigenvalue weighted by Crippen LogP contribution is 2.40. The first kappa shape index (κ1) is 4.54. The van der Waals surface area contributed by atoms with Gasteiger partial charge in [0.15, 0.2) is 0 Å². The molecular formula is C7H9F. The fourth-order valence-corrected chi connectivity index (χ4v) is 1.71. The maximum Gasteiger partial charge on any atom is 0.107 e. The predicted molar refractivity (Wildman–Crippen MR) is 30.2 cm³/mol. The van der Waals surface area contributed by atoms with Gasteiger partial charge in [-0.1, -0.05) is 12.2 Å². The Bertz CT molecular complexity index is 128. The van der Waals surface area contributed by atoms with Crippen molar-refractivity contribution >= 4 is 0 Å². The van der Waals surface area contributed by atoms with E-state index in [1.807, 2.05) is 6.08 Å². The Morgan fingerprint density at radius 3 is 2.38 bits per heavy atom. The highest BCUT2D eigenvalue weighted by Gasteiger charge is 2.35. The lowest BCUT2D eigenvalue weighted by Gasteiger charge is -2.05. The van der Waals surface area contributed by atoms with Gasteiger partial charge in [-0.25, -0.2) is 4.39 Å². The highest BCUT2D eigenvalue weighted by atomic mass is 19.1. The first-order valence-electron chi connectivity index (χ1n) is 3.18. The predicted octanol–water partition coefficient (Wildman–Crippen LogP) is 1.92. The molecule has 2 aliphatic carbocycles. The Labute approximate surface area is 48.4 Å². The van der Waals surface area contributed by atoms with E-state index in [9.17, 15) is 4.39 Å². The average molecular weight is 112 g/mol.